The summed E-state index contributed by atoms with van der Waals surface area (Å²) in [5, 5.41) is 22.0. The lowest BCUT2D eigenvalue weighted by Crippen LogP contribution is -2.43. The highest BCUT2D eigenvalue weighted by Gasteiger charge is 2.35. The van der Waals surface area contributed by atoms with E-state index in [-0.39, 0.29) is 23.2 Å². The number of nitrogens with zero attached hydrogens (tertiary/aromatic N) is 2. The molecule has 1 heterocycles. The van der Waals surface area contributed by atoms with E-state index in [1.165, 1.54) is 22.9 Å². The number of carbonyl (C=O) groups is 2. The standard InChI is InChI=1S/C21H15F4N3O3/c1-20(31,11-28-9-13(10-29)16-6-14(22)3-5-18(16)28)19(30)27-15-4-2-12(8-26)17(7-15)21(23,24)25/h2-7,9-10,31H,11H2,1H3,(H,27,30)/t20-/m0/s1. The number of amides is 1. The molecule has 0 bridgehead atoms. The van der Waals surface area contributed by atoms with Crippen molar-refractivity contribution in [3.05, 3.63) is 65.1 Å². The number of aromatic nitrogens is 1. The van der Waals surface area contributed by atoms with Crippen molar-refractivity contribution in [2.45, 2.75) is 25.2 Å². The van der Waals surface area contributed by atoms with E-state index in [4.69, 9.17) is 5.26 Å². The number of carbonyl (C=O) groups excluding carboxylic acids is 2. The fourth-order valence-corrected chi connectivity index (χ4v) is 3.14. The summed E-state index contributed by atoms with van der Waals surface area (Å²) in [4.78, 5) is 23.8. The zero-order chi connectivity index (χ0) is 23.0. The van der Waals surface area contributed by atoms with Crippen LogP contribution in [0.15, 0.2) is 42.6 Å². The quantitative estimate of drug-likeness (QED) is 0.472. The molecule has 1 amide bonds. The summed E-state index contributed by atoms with van der Waals surface area (Å²) >= 11 is 0. The molecule has 0 aliphatic rings. The summed E-state index contributed by atoms with van der Waals surface area (Å²) in [5.41, 5.74) is -3.66. The van der Waals surface area contributed by atoms with E-state index in [2.05, 4.69) is 5.32 Å². The molecule has 1 aromatic heterocycles. The molecule has 0 fully saturated rings. The van der Waals surface area contributed by atoms with Gasteiger partial charge in [0, 0.05) is 28.4 Å². The van der Waals surface area contributed by atoms with Crippen LogP contribution in [0.5, 0.6) is 0 Å². The third-order valence-corrected chi connectivity index (χ3v) is 4.67. The number of aldehydes is 1. The molecule has 3 rings (SSSR count). The maximum atomic E-state index is 13.5. The number of anilines is 1. The number of hydrogen-bond acceptors (Lipinski definition) is 4. The van der Waals surface area contributed by atoms with Gasteiger partial charge in [-0.2, -0.15) is 18.4 Å². The summed E-state index contributed by atoms with van der Waals surface area (Å²) in [6.45, 7) is 0.782. The molecule has 2 N–H and O–H groups in total. The summed E-state index contributed by atoms with van der Waals surface area (Å²) in [5.74, 6) is -1.58. The highest BCUT2D eigenvalue weighted by Crippen LogP contribution is 2.34. The van der Waals surface area contributed by atoms with E-state index in [9.17, 15) is 32.3 Å². The second kappa shape index (κ2) is 7.85. The van der Waals surface area contributed by atoms with E-state index >= 15 is 0 Å². The van der Waals surface area contributed by atoms with Crippen LogP contribution in [-0.2, 0) is 17.5 Å². The number of fused-ring (bicyclic) bond motifs is 1. The lowest BCUT2D eigenvalue weighted by Gasteiger charge is -2.24. The van der Waals surface area contributed by atoms with Crippen molar-refractivity contribution in [3.63, 3.8) is 0 Å². The van der Waals surface area contributed by atoms with E-state index in [0.717, 1.165) is 31.2 Å². The van der Waals surface area contributed by atoms with Gasteiger partial charge in [-0.25, -0.2) is 4.39 Å². The lowest BCUT2D eigenvalue weighted by atomic mass is 10.0. The minimum absolute atomic E-state index is 0.146. The zero-order valence-corrected chi connectivity index (χ0v) is 16.0. The van der Waals surface area contributed by atoms with Gasteiger partial charge in [-0.3, -0.25) is 9.59 Å². The Hall–Kier alpha value is -3.71. The summed E-state index contributed by atoms with van der Waals surface area (Å²) in [7, 11) is 0. The van der Waals surface area contributed by atoms with Gasteiger partial charge in [-0.1, -0.05) is 0 Å². The number of nitriles is 1. The first-order valence-corrected chi connectivity index (χ1v) is 8.85. The molecule has 3 aromatic rings. The molecule has 0 saturated carbocycles. The average molecular weight is 433 g/mol. The number of hydrogen-bond donors (Lipinski definition) is 2. The number of halogens is 4. The van der Waals surface area contributed by atoms with Crippen LogP contribution >= 0.6 is 0 Å². The SMILES string of the molecule is C[C@](O)(Cn1cc(C=O)c2cc(F)ccc21)C(=O)Nc1ccc(C#N)c(C(F)(F)F)c1. The van der Waals surface area contributed by atoms with Crippen molar-refractivity contribution in [1.29, 1.82) is 5.26 Å². The molecule has 2 aromatic carbocycles. The van der Waals surface area contributed by atoms with Gasteiger partial charge in [0.05, 0.1) is 23.7 Å². The number of aliphatic hydroxyl groups is 1. The first-order valence-electron chi connectivity index (χ1n) is 8.85. The van der Waals surface area contributed by atoms with Crippen LogP contribution in [0.2, 0.25) is 0 Å². The first kappa shape index (κ1) is 22.0. The second-order valence-electron chi connectivity index (χ2n) is 7.09. The molecule has 0 saturated heterocycles. The molecule has 31 heavy (non-hydrogen) atoms. The van der Waals surface area contributed by atoms with E-state index in [1.807, 2.05) is 0 Å². The third kappa shape index (κ3) is 4.41. The van der Waals surface area contributed by atoms with Gasteiger partial charge in [0.15, 0.2) is 11.9 Å². The Bertz CT molecular complexity index is 1220. The zero-order valence-electron chi connectivity index (χ0n) is 16.0. The summed E-state index contributed by atoms with van der Waals surface area (Å²) in [6.07, 6.45) is -2.97. The molecule has 6 nitrogen and oxygen atoms in total. The average Bonchev–Trinajstić information content (AvgIpc) is 3.03. The van der Waals surface area contributed by atoms with E-state index in [0.29, 0.717) is 17.9 Å². The van der Waals surface area contributed by atoms with Gasteiger partial charge in [0.25, 0.3) is 5.91 Å². The topological polar surface area (TPSA) is 95.1 Å². The smallest absolute Gasteiger partial charge is 0.378 e. The van der Waals surface area contributed by atoms with Crippen molar-refractivity contribution < 1.29 is 32.3 Å². The van der Waals surface area contributed by atoms with Crippen molar-refractivity contribution >= 4 is 28.8 Å². The number of benzene rings is 2. The molecule has 0 aliphatic heterocycles. The fraction of sp³-hybridized carbons (Fsp3) is 0.190. The Balaban J connectivity index is 1.89. The van der Waals surface area contributed by atoms with Gasteiger partial charge in [-0.05, 0) is 43.3 Å². The van der Waals surface area contributed by atoms with Crippen LogP contribution in [0.3, 0.4) is 0 Å². The van der Waals surface area contributed by atoms with E-state index < -0.39 is 34.6 Å². The maximum absolute atomic E-state index is 13.5. The molecule has 160 valence electrons. The lowest BCUT2D eigenvalue weighted by molar-refractivity contribution is -0.138. The first-order chi connectivity index (χ1) is 14.5. The monoisotopic (exact) mass is 433 g/mol. The maximum Gasteiger partial charge on any atom is 0.417 e. The van der Waals surface area contributed by atoms with Crippen molar-refractivity contribution in [2.75, 3.05) is 5.32 Å². The molecule has 1 atom stereocenters. The summed E-state index contributed by atoms with van der Waals surface area (Å²) < 4.78 is 54.2. The Labute approximate surface area is 173 Å². The Morgan fingerprint density at radius 2 is 1.97 bits per heavy atom. The number of rotatable bonds is 5. The fourth-order valence-electron chi connectivity index (χ4n) is 3.14. The van der Waals surface area contributed by atoms with Crippen LogP contribution < -0.4 is 5.32 Å². The predicted octanol–water partition coefficient (Wildman–Crippen LogP) is 3.87. The Kier molecular flexibility index (Phi) is 5.57. The minimum Gasteiger partial charge on any atom is -0.378 e. The predicted molar refractivity (Wildman–Crippen MR) is 103 cm³/mol. The van der Waals surface area contributed by atoms with Crippen molar-refractivity contribution in [1.82, 2.24) is 4.57 Å². The third-order valence-electron chi connectivity index (χ3n) is 4.67. The van der Waals surface area contributed by atoms with E-state index in [1.54, 1.807) is 0 Å². The van der Waals surface area contributed by atoms with Crippen LogP contribution in [0.4, 0.5) is 23.2 Å². The van der Waals surface area contributed by atoms with Crippen LogP contribution in [0, 0.1) is 17.1 Å². The van der Waals surface area contributed by atoms with Crippen LogP contribution in [0.1, 0.15) is 28.4 Å². The second-order valence-corrected chi connectivity index (χ2v) is 7.09. The minimum atomic E-state index is -4.81. The van der Waals surface area contributed by atoms with Crippen LogP contribution in [0.25, 0.3) is 10.9 Å². The molecule has 0 aliphatic carbocycles. The number of alkyl halides is 3. The van der Waals surface area contributed by atoms with Gasteiger partial charge < -0.3 is 15.0 Å². The molecule has 0 radical (unpaired) electrons. The molecule has 0 spiro atoms. The van der Waals surface area contributed by atoms with Gasteiger partial charge in [0.1, 0.15) is 5.82 Å². The highest BCUT2D eigenvalue weighted by molar-refractivity contribution is 5.99. The Morgan fingerprint density at radius 3 is 2.58 bits per heavy atom. The van der Waals surface area contributed by atoms with Crippen molar-refractivity contribution in [2.24, 2.45) is 0 Å². The molecule has 0 unspecified atom stereocenters. The van der Waals surface area contributed by atoms with Gasteiger partial charge in [0.2, 0.25) is 0 Å². The van der Waals surface area contributed by atoms with Gasteiger partial charge >= 0.3 is 6.18 Å². The largest absolute Gasteiger partial charge is 0.417 e. The molecular formula is C21H15F4N3O3. The van der Waals surface area contributed by atoms with Gasteiger partial charge in [-0.15, -0.1) is 0 Å². The highest BCUT2D eigenvalue weighted by atomic mass is 19.4. The normalized spacial score (nSPS) is 13.5. The van der Waals surface area contributed by atoms with Crippen LogP contribution in [-0.4, -0.2) is 27.5 Å². The Morgan fingerprint density at radius 1 is 1.26 bits per heavy atom. The van der Waals surface area contributed by atoms with Crippen molar-refractivity contribution in [3.8, 4) is 6.07 Å². The molecule has 10 heteroatoms. The summed E-state index contributed by atoms with van der Waals surface area (Å²) in [6, 6.07) is 7.73. The number of nitrogens with one attached hydrogen (secondary N) is 1. The molecular weight excluding hydrogens is 418 g/mol.